The van der Waals surface area contributed by atoms with Crippen LogP contribution in [-0.2, 0) is 11.3 Å². The molecule has 2 saturated heterocycles. The fourth-order valence-corrected chi connectivity index (χ4v) is 3.40. The second-order valence-electron chi connectivity index (χ2n) is 5.51. The van der Waals surface area contributed by atoms with Crippen molar-refractivity contribution in [1.82, 2.24) is 14.5 Å². The molecule has 2 aliphatic rings. The molecule has 2 aromatic heterocycles. The molecule has 2 aliphatic heterocycles. The van der Waals surface area contributed by atoms with E-state index >= 15 is 0 Å². The number of fused-ring (bicyclic) bond motifs is 2. The molecule has 2 fully saturated rings. The zero-order valence-corrected chi connectivity index (χ0v) is 10.8. The summed E-state index contributed by atoms with van der Waals surface area (Å²) in [6.07, 6.45) is 12.3. The normalized spacial score (nSPS) is 28.9. The first-order valence-corrected chi connectivity index (χ1v) is 6.97. The van der Waals surface area contributed by atoms with Crippen LogP contribution in [0.4, 0.5) is 0 Å². The third-order valence-corrected chi connectivity index (χ3v) is 4.30. The molecule has 0 amide bonds. The third kappa shape index (κ3) is 1.96. The summed E-state index contributed by atoms with van der Waals surface area (Å²) in [5.41, 5.74) is 1.08. The fraction of sp³-hybridized carbons (Fsp3) is 0.467. The second kappa shape index (κ2) is 4.46. The molecule has 4 rings (SSSR count). The van der Waals surface area contributed by atoms with Gasteiger partial charge in [0.15, 0.2) is 0 Å². The Morgan fingerprint density at radius 1 is 1.32 bits per heavy atom. The number of hydrogen-bond donors (Lipinski definition) is 0. The molecular formula is C15H17N3O. The zero-order valence-electron chi connectivity index (χ0n) is 10.8. The van der Waals surface area contributed by atoms with Gasteiger partial charge in [0, 0.05) is 42.8 Å². The van der Waals surface area contributed by atoms with Crippen molar-refractivity contribution >= 4 is 0 Å². The fourth-order valence-electron chi connectivity index (χ4n) is 3.40. The maximum absolute atomic E-state index is 5.93. The average Bonchev–Trinajstić information content (AvgIpc) is 3.16. The summed E-state index contributed by atoms with van der Waals surface area (Å²) in [4.78, 5) is 8.65. The van der Waals surface area contributed by atoms with Gasteiger partial charge in [0.1, 0.15) is 5.82 Å². The van der Waals surface area contributed by atoms with Gasteiger partial charge in [-0.05, 0) is 31.4 Å². The smallest absolute Gasteiger partial charge is 0.141 e. The maximum Gasteiger partial charge on any atom is 0.141 e. The van der Waals surface area contributed by atoms with Crippen molar-refractivity contribution in [2.24, 2.45) is 5.92 Å². The van der Waals surface area contributed by atoms with Crippen molar-refractivity contribution in [3.8, 4) is 11.4 Å². The minimum Gasteiger partial charge on any atom is -0.375 e. The zero-order chi connectivity index (χ0) is 12.7. The highest BCUT2D eigenvalue weighted by atomic mass is 16.5. The van der Waals surface area contributed by atoms with E-state index in [1.165, 1.54) is 19.3 Å². The van der Waals surface area contributed by atoms with E-state index in [0.717, 1.165) is 17.9 Å². The van der Waals surface area contributed by atoms with E-state index in [1.54, 1.807) is 6.20 Å². The number of imidazole rings is 1. The van der Waals surface area contributed by atoms with Crippen LogP contribution in [0.25, 0.3) is 11.4 Å². The summed E-state index contributed by atoms with van der Waals surface area (Å²) in [5.74, 6) is 1.65. The second-order valence-corrected chi connectivity index (χ2v) is 5.51. The Hall–Kier alpha value is -1.68. The van der Waals surface area contributed by atoms with E-state index < -0.39 is 0 Å². The van der Waals surface area contributed by atoms with Crippen LogP contribution in [-0.4, -0.2) is 26.7 Å². The lowest BCUT2D eigenvalue weighted by Crippen LogP contribution is -2.21. The summed E-state index contributed by atoms with van der Waals surface area (Å²) in [6.45, 7) is 1.01. The van der Waals surface area contributed by atoms with Crippen molar-refractivity contribution in [2.75, 3.05) is 0 Å². The molecule has 0 radical (unpaired) electrons. The minimum atomic E-state index is 0.467. The Bertz CT molecular complexity index is 566. The number of nitrogens with zero attached hydrogens (tertiary/aromatic N) is 3. The lowest BCUT2D eigenvalue weighted by molar-refractivity contribution is 0.0900. The summed E-state index contributed by atoms with van der Waals surface area (Å²) in [6, 6.07) is 4.01. The topological polar surface area (TPSA) is 39.9 Å². The molecule has 4 heteroatoms. The van der Waals surface area contributed by atoms with Crippen LogP contribution in [0.1, 0.15) is 19.3 Å². The van der Waals surface area contributed by atoms with E-state index in [-0.39, 0.29) is 0 Å². The number of rotatable bonds is 3. The Balaban J connectivity index is 1.58. The van der Waals surface area contributed by atoms with Crippen LogP contribution < -0.4 is 0 Å². The van der Waals surface area contributed by atoms with Gasteiger partial charge in [0.2, 0.25) is 0 Å². The Labute approximate surface area is 112 Å². The van der Waals surface area contributed by atoms with Crippen LogP contribution in [0.5, 0.6) is 0 Å². The van der Waals surface area contributed by atoms with Crippen LogP contribution in [0.2, 0.25) is 0 Å². The van der Waals surface area contributed by atoms with Gasteiger partial charge in [-0.3, -0.25) is 4.98 Å². The van der Waals surface area contributed by atoms with Crippen molar-refractivity contribution in [3.05, 3.63) is 36.9 Å². The van der Waals surface area contributed by atoms with Gasteiger partial charge < -0.3 is 9.30 Å². The first kappa shape index (κ1) is 11.2. The van der Waals surface area contributed by atoms with E-state index in [0.29, 0.717) is 18.1 Å². The number of hydrogen-bond acceptors (Lipinski definition) is 3. The Morgan fingerprint density at radius 3 is 3.05 bits per heavy atom. The number of ether oxygens (including phenoxy) is 1. The van der Waals surface area contributed by atoms with Gasteiger partial charge >= 0.3 is 0 Å². The molecule has 0 saturated carbocycles. The summed E-state index contributed by atoms with van der Waals surface area (Å²) < 4.78 is 8.17. The Morgan fingerprint density at radius 2 is 2.32 bits per heavy atom. The quantitative estimate of drug-likeness (QED) is 0.846. The van der Waals surface area contributed by atoms with Crippen LogP contribution in [0.15, 0.2) is 36.9 Å². The molecule has 3 atom stereocenters. The summed E-state index contributed by atoms with van der Waals surface area (Å²) in [5, 5.41) is 0. The first-order valence-electron chi connectivity index (χ1n) is 6.97. The monoisotopic (exact) mass is 255 g/mol. The lowest BCUT2D eigenvalue weighted by atomic mass is 9.89. The molecule has 19 heavy (non-hydrogen) atoms. The van der Waals surface area contributed by atoms with Crippen LogP contribution >= 0.6 is 0 Å². The largest absolute Gasteiger partial charge is 0.375 e. The van der Waals surface area contributed by atoms with Crippen molar-refractivity contribution < 1.29 is 4.74 Å². The molecule has 0 aliphatic carbocycles. The van der Waals surface area contributed by atoms with Crippen molar-refractivity contribution in [3.63, 3.8) is 0 Å². The molecule has 4 heterocycles. The predicted molar refractivity (Wildman–Crippen MR) is 71.5 cm³/mol. The highest BCUT2D eigenvalue weighted by Crippen LogP contribution is 2.39. The van der Waals surface area contributed by atoms with Crippen LogP contribution in [0, 0.1) is 5.92 Å². The molecule has 2 bridgehead atoms. The molecule has 0 unspecified atom stereocenters. The lowest BCUT2D eigenvalue weighted by Gasteiger charge is -2.20. The highest BCUT2D eigenvalue weighted by Gasteiger charge is 2.40. The predicted octanol–water partition coefficient (Wildman–Crippen LogP) is 2.51. The summed E-state index contributed by atoms with van der Waals surface area (Å²) >= 11 is 0. The van der Waals surface area contributed by atoms with E-state index in [4.69, 9.17) is 4.74 Å². The molecule has 2 aromatic rings. The van der Waals surface area contributed by atoms with Gasteiger partial charge in [-0.2, -0.15) is 0 Å². The van der Waals surface area contributed by atoms with Crippen molar-refractivity contribution in [1.29, 1.82) is 0 Å². The van der Waals surface area contributed by atoms with Gasteiger partial charge in [-0.15, -0.1) is 0 Å². The van der Waals surface area contributed by atoms with Gasteiger partial charge in [-0.25, -0.2) is 4.98 Å². The van der Waals surface area contributed by atoms with E-state index in [9.17, 15) is 0 Å². The van der Waals surface area contributed by atoms with Gasteiger partial charge in [0.05, 0.1) is 12.2 Å². The minimum absolute atomic E-state index is 0.467. The SMILES string of the molecule is c1cncc(-c2nccn2C[C@@H]2C[C@@H]3CC[C@H]2O3)c1. The van der Waals surface area contributed by atoms with E-state index in [2.05, 4.69) is 26.8 Å². The third-order valence-electron chi connectivity index (χ3n) is 4.30. The average molecular weight is 255 g/mol. The molecule has 98 valence electrons. The highest BCUT2D eigenvalue weighted by molar-refractivity contribution is 5.53. The van der Waals surface area contributed by atoms with Crippen molar-refractivity contribution in [2.45, 2.75) is 38.0 Å². The van der Waals surface area contributed by atoms with Gasteiger partial charge in [0.25, 0.3) is 0 Å². The van der Waals surface area contributed by atoms with Crippen LogP contribution in [0.3, 0.4) is 0 Å². The molecule has 0 N–H and O–H groups in total. The first-order chi connectivity index (χ1) is 9.40. The standard InChI is InChI=1S/C15H17N3O/c1-2-11(9-16-5-1)15-17-6-7-18(15)10-12-8-13-3-4-14(12)19-13/h1-2,5-7,9,12-14H,3-4,8,10H2/t12-,13-,14+/m0/s1. The maximum atomic E-state index is 5.93. The molecular weight excluding hydrogens is 238 g/mol. The molecule has 4 nitrogen and oxygen atoms in total. The number of aromatic nitrogens is 3. The van der Waals surface area contributed by atoms with E-state index in [1.807, 2.05) is 18.5 Å². The Kier molecular flexibility index (Phi) is 2.62. The van der Waals surface area contributed by atoms with Gasteiger partial charge in [-0.1, -0.05) is 0 Å². The summed E-state index contributed by atoms with van der Waals surface area (Å²) in [7, 11) is 0. The number of pyridine rings is 1. The molecule has 0 spiro atoms. The molecule has 0 aromatic carbocycles.